The molecule has 1 aliphatic rings. The molecule has 0 saturated heterocycles. The van der Waals surface area contributed by atoms with Crippen LogP contribution in [0.15, 0.2) is 24.2 Å². The Morgan fingerprint density at radius 2 is 2.27 bits per heavy atom. The third-order valence-electron chi connectivity index (χ3n) is 2.13. The van der Waals surface area contributed by atoms with Crippen molar-refractivity contribution in [1.29, 1.82) is 0 Å². The number of hydrogen-bond acceptors (Lipinski definition) is 2. The molecule has 0 saturated carbocycles. The molecule has 1 unspecified atom stereocenters. The second-order valence-electron chi connectivity index (χ2n) is 3.21. The van der Waals surface area contributed by atoms with Crippen LogP contribution in [-0.2, 0) is 5.54 Å². The third-order valence-corrected chi connectivity index (χ3v) is 2.13. The first-order valence-corrected chi connectivity index (χ1v) is 3.63. The van der Waals surface area contributed by atoms with E-state index in [1.807, 2.05) is 30.1 Å². The number of nitrogens with zero attached hydrogens (tertiary/aromatic N) is 2. The van der Waals surface area contributed by atoms with Crippen molar-refractivity contribution in [2.45, 2.75) is 19.4 Å². The van der Waals surface area contributed by atoms with E-state index in [9.17, 15) is 0 Å². The van der Waals surface area contributed by atoms with Crippen LogP contribution in [0.4, 0.5) is 0 Å². The average molecular weight is 149 g/mol. The van der Waals surface area contributed by atoms with Gasteiger partial charge in [-0.15, -0.1) is 0 Å². The molecular formula is C8H11N3. The molecule has 2 N–H and O–H groups in total. The van der Waals surface area contributed by atoms with Crippen LogP contribution in [0.5, 0.6) is 0 Å². The maximum absolute atomic E-state index is 5.64. The first-order valence-electron chi connectivity index (χ1n) is 3.63. The molecule has 3 nitrogen and oxygen atoms in total. The SMILES string of the molecule is Cc1cnn(C2(C)C=C2N)c1. The lowest BCUT2D eigenvalue weighted by atomic mass is 10.2. The van der Waals surface area contributed by atoms with E-state index in [0.717, 1.165) is 5.70 Å². The lowest BCUT2D eigenvalue weighted by molar-refractivity contribution is 0.500. The first kappa shape index (κ1) is 6.46. The molecule has 3 heteroatoms. The van der Waals surface area contributed by atoms with Crippen molar-refractivity contribution in [2.75, 3.05) is 0 Å². The highest BCUT2D eigenvalue weighted by molar-refractivity contribution is 5.38. The monoisotopic (exact) mass is 149 g/mol. The second kappa shape index (κ2) is 1.67. The van der Waals surface area contributed by atoms with Gasteiger partial charge in [0.1, 0.15) is 5.54 Å². The number of aryl methyl sites for hydroxylation is 1. The fourth-order valence-corrected chi connectivity index (χ4v) is 1.13. The van der Waals surface area contributed by atoms with Crippen LogP contribution >= 0.6 is 0 Å². The topological polar surface area (TPSA) is 43.8 Å². The predicted octanol–water partition coefficient (Wildman–Crippen LogP) is 0.763. The van der Waals surface area contributed by atoms with E-state index in [1.165, 1.54) is 5.56 Å². The summed E-state index contributed by atoms with van der Waals surface area (Å²) in [6.45, 7) is 4.07. The highest BCUT2D eigenvalue weighted by Crippen LogP contribution is 2.36. The van der Waals surface area contributed by atoms with Gasteiger partial charge < -0.3 is 5.73 Å². The van der Waals surface area contributed by atoms with Gasteiger partial charge >= 0.3 is 0 Å². The number of rotatable bonds is 1. The molecule has 0 bridgehead atoms. The zero-order valence-electron chi connectivity index (χ0n) is 6.70. The second-order valence-corrected chi connectivity index (χ2v) is 3.21. The van der Waals surface area contributed by atoms with Crippen molar-refractivity contribution in [2.24, 2.45) is 5.73 Å². The van der Waals surface area contributed by atoms with Crippen LogP contribution in [0.2, 0.25) is 0 Å². The quantitative estimate of drug-likeness (QED) is 0.640. The molecule has 1 aliphatic carbocycles. The van der Waals surface area contributed by atoms with Gasteiger partial charge in [-0.25, -0.2) is 0 Å². The van der Waals surface area contributed by atoms with Crippen molar-refractivity contribution < 1.29 is 0 Å². The molecule has 0 fully saturated rings. The van der Waals surface area contributed by atoms with Gasteiger partial charge in [0.15, 0.2) is 0 Å². The molecule has 1 aromatic heterocycles. The zero-order chi connectivity index (χ0) is 8.06. The van der Waals surface area contributed by atoms with E-state index in [0.29, 0.717) is 0 Å². The Morgan fingerprint density at radius 3 is 2.64 bits per heavy atom. The molecule has 0 radical (unpaired) electrons. The standard InChI is InChI=1S/C8H11N3/c1-6-4-10-11(5-6)8(2)3-7(8)9/h3-5H,9H2,1-2H3. The van der Waals surface area contributed by atoms with E-state index < -0.39 is 0 Å². The maximum atomic E-state index is 5.64. The van der Waals surface area contributed by atoms with E-state index in [-0.39, 0.29) is 5.54 Å². The number of aromatic nitrogens is 2. The molecule has 58 valence electrons. The fraction of sp³-hybridized carbons (Fsp3) is 0.375. The summed E-state index contributed by atoms with van der Waals surface area (Å²) < 4.78 is 1.89. The molecule has 1 heterocycles. The van der Waals surface area contributed by atoms with Gasteiger partial charge in [0.25, 0.3) is 0 Å². The van der Waals surface area contributed by atoms with Crippen molar-refractivity contribution >= 4 is 0 Å². The fourth-order valence-electron chi connectivity index (χ4n) is 1.13. The summed E-state index contributed by atoms with van der Waals surface area (Å²) in [6, 6.07) is 0. The summed E-state index contributed by atoms with van der Waals surface area (Å²) in [5.74, 6) is 0. The smallest absolute Gasteiger partial charge is 0.119 e. The maximum Gasteiger partial charge on any atom is 0.119 e. The third kappa shape index (κ3) is 0.770. The highest BCUT2D eigenvalue weighted by Gasteiger charge is 2.39. The van der Waals surface area contributed by atoms with E-state index >= 15 is 0 Å². The van der Waals surface area contributed by atoms with Crippen LogP contribution in [-0.4, -0.2) is 9.78 Å². The minimum absolute atomic E-state index is 0.103. The van der Waals surface area contributed by atoms with Crippen LogP contribution in [0.3, 0.4) is 0 Å². The lowest BCUT2D eigenvalue weighted by Gasteiger charge is -2.10. The molecule has 0 amide bonds. The first-order chi connectivity index (χ1) is 5.13. The summed E-state index contributed by atoms with van der Waals surface area (Å²) in [6.07, 6.45) is 5.83. The Morgan fingerprint density at radius 1 is 1.64 bits per heavy atom. The van der Waals surface area contributed by atoms with Gasteiger partial charge in [-0.2, -0.15) is 5.10 Å². The van der Waals surface area contributed by atoms with Gasteiger partial charge in [0, 0.05) is 11.9 Å². The Bertz CT molecular complexity index is 324. The Kier molecular flexibility index (Phi) is 0.980. The molecule has 1 atom stereocenters. The normalized spacial score (nSPS) is 28.4. The molecule has 11 heavy (non-hydrogen) atoms. The van der Waals surface area contributed by atoms with Gasteiger partial charge in [0.2, 0.25) is 0 Å². The number of nitrogens with two attached hydrogens (primary N) is 1. The molecule has 1 aromatic rings. The summed E-state index contributed by atoms with van der Waals surface area (Å²) >= 11 is 0. The number of allylic oxidation sites excluding steroid dienone is 2. The van der Waals surface area contributed by atoms with Crippen LogP contribution in [0.25, 0.3) is 0 Å². The van der Waals surface area contributed by atoms with E-state index in [2.05, 4.69) is 12.0 Å². The van der Waals surface area contributed by atoms with Gasteiger partial charge in [-0.1, -0.05) is 0 Å². The van der Waals surface area contributed by atoms with Crippen molar-refractivity contribution in [3.63, 3.8) is 0 Å². The van der Waals surface area contributed by atoms with Crippen LogP contribution in [0, 0.1) is 6.92 Å². The largest absolute Gasteiger partial charge is 0.400 e. The van der Waals surface area contributed by atoms with Crippen LogP contribution in [0.1, 0.15) is 12.5 Å². The van der Waals surface area contributed by atoms with Crippen LogP contribution < -0.4 is 5.73 Å². The van der Waals surface area contributed by atoms with E-state index in [4.69, 9.17) is 5.73 Å². The zero-order valence-corrected chi connectivity index (χ0v) is 6.70. The minimum Gasteiger partial charge on any atom is -0.400 e. The summed E-state index contributed by atoms with van der Waals surface area (Å²) in [5, 5.41) is 4.18. The molecule has 0 aliphatic heterocycles. The minimum atomic E-state index is -0.103. The molecule has 0 spiro atoms. The Balaban J connectivity index is 2.32. The van der Waals surface area contributed by atoms with Gasteiger partial charge in [-0.3, -0.25) is 4.68 Å². The van der Waals surface area contributed by atoms with Crippen molar-refractivity contribution in [1.82, 2.24) is 9.78 Å². The molecule has 2 rings (SSSR count). The number of hydrogen-bond donors (Lipinski definition) is 1. The predicted molar refractivity (Wildman–Crippen MR) is 42.9 cm³/mol. The average Bonchev–Trinajstić information content (AvgIpc) is 2.44. The van der Waals surface area contributed by atoms with Crippen molar-refractivity contribution in [3.8, 4) is 0 Å². The Hall–Kier alpha value is -1.25. The Labute approximate surface area is 65.5 Å². The molecular weight excluding hydrogens is 138 g/mol. The highest BCUT2D eigenvalue weighted by atomic mass is 15.3. The van der Waals surface area contributed by atoms with Crippen molar-refractivity contribution in [3.05, 3.63) is 29.7 Å². The summed E-state index contributed by atoms with van der Waals surface area (Å²) in [4.78, 5) is 0. The van der Waals surface area contributed by atoms with Gasteiger partial charge in [0.05, 0.1) is 6.20 Å². The summed E-state index contributed by atoms with van der Waals surface area (Å²) in [5.41, 5.74) is 7.61. The van der Waals surface area contributed by atoms with E-state index in [1.54, 1.807) is 0 Å². The lowest BCUT2D eigenvalue weighted by Crippen LogP contribution is -2.19. The summed E-state index contributed by atoms with van der Waals surface area (Å²) in [7, 11) is 0. The molecule has 0 aromatic carbocycles. The van der Waals surface area contributed by atoms with Gasteiger partial charge in [-0.05, 0) is 25.5 Å².